The van der Waals surface area contributed by atoms with Gasteiger partial charge in [-0.15, -0.1) is 0 Å². The predicted octanol–water partition coefficient (Wildman–Crippen LogP) is 1.29. The van der Waals surface area contributed by atoms with E-state index in [2.05, 4.69) is 23.0 Å². The van der Waals surface area contributed by atoms with Crippen LogP contribution < -0.4 is 5.73 Å². The van der Waals surface area contributed by atoms with Gasteiger partial charge in [-0.25, -0.2) is 0 Å². The van der Waals surface area contributed by atoms with Crippen molar-refractivity contribution in [1.82, 2.24) is 9.88 Å². The molecule has 0 aromatic carbocycles. The van der Waals surface area contributed by atoms with E-state index in [1.807, 2.05) is 18.5 Å². The number of aromatic nitrogens is 1. The van der Waals surface area contributed by atoms with Crippen LogP contribution in [-0.4, -0.2) is 36.6 Å². The quantitative estimate of drug-likeness (QED) is 0.784. The van der Waals surface area contributed by atoms with E-state index in [0.29, 0.717) is 5.41 Å². The second-order valence-electron chi connectivity index (χ2n) is 5.05. The third kappa shape index (κ3) is 3.03. The first-order valence-electron chi connectivity index (χ1n) is 6.02. The molecule has 1 aromatic heterocycles. The zero-order chi connectivity index (χ0) is 11.4. The maximum absolute atomic E-state index is 5.79. The van der Waals surface area contributed by atoms with Gasteiger partial charge < -0.3 is 10.6 Å². The van der Waals surface area contributed by atoms with Crippen LogP contribution in [0.2, 0.25) is 0 Å². The van der Waals surface area contributed by atoms with Gasteiger partial charge in [-0.3, -0.25) is 4.98 Å². The smallest absolute Gasteiger partial charge is 0.0300 e. The summed E-state index contributed by atoms with van der Waals surface area (Å²) in [6, 6.07) is 4.13. The molecule has 2 rings (SSSR count). The molecule has 0 bridgehead atoms. The molecule has 1 saturated carbocycles. The average molecular weight is 219 g/mol. The van der Waals surface area contributed by atoms with Crippen molar-refractivity contribution in [2.75, 3.05) is 26.7 Å². The standard InChI is InChI=1S/C13H21N3/c1-16(11-13(10-14)5-6-13)8-4-12-3-2-7-15-9-12/h2-3,7,9H,4-6,8,10-11,14H2,1H3. The second-order valence-corrected chi connectivity index (χ2v) is 5.05. The molecule has 2 N–H and O–H groups in total. The predicted molar refractivity (Wildman–Crippen MR) is 66.2 cm³/mol. The molecule has 88 valence electrons. The van der Waals surface area contributed by atoms with Crippen molar-refractivity contribution >= 4 is 0 Å². The summed E-state index contributed by atoms with van der Waals surface area (Å²) in [5.41, 5.74) is 7.55. The lowest BCUT2D eigenvalue weighted by molar-refractivity contribution is 0.269. The Morgan fingerprint density at radius 2 is 2.31 bits per heavy atom. The van der Waals surface area contributed by atoms with Crippen LogP contribution in [0.5, 0.6) is 0 Å². The maximum Gasteiger partial charge on any atom is 0.0300 e. The van der Waals surface area contributed by atoms with Crippen LogP contribution >= 0.6 is 0 Å². The van der Waals surface area contributed by atoms with Crippen molar-refractivity contribution < 1.29 is 0 Å². The van der Waals surface area contributed by atoms with Crippen LogP contribution in [0, 0.1) is 5.41 Å². The Morgan fingerprint density at radius 1 is 1.50 bits per heavy atom. The molecule has 1 aromatic rings. The SMILES string of the molecule is CN(CCc1cccnc1)CC1(CN)CC1. The van der Waals surface area contributed by atoms with Crippen LogP contribution in [0.25, 0.3) is 0 Å². The molecular formula is C13H21N3. The van der Waals surface area contributed by atoms with Crippen LogP contribution in [0.1, 0.15) is 18.4 Å². The van der Waals surface area contributed by atoms with Crippen molar-refractivity contribution in [3.05, 3.63) is 30.1 Å². The van der Waals surface area contributed by atoms with Gasteiger partial charge in [0.15, 0.2) is 0 Å². The van der Waals surface area contributed by atoms with Gasteiger partial charge in [0.1, 0.15) is 0 Å². The fourth-order valence-electron chi connectivity index (χ4n) is 2.12. The van der Waals surface area contributed by atoms with Gasteiger partial charge in [0, 0.05) is 25.5 Å². The van der Waals surface area contributed by atoms with Crippen molar-refractivity contribution in [2.45, 2.75) is 19.3 Å². The van der Waals surface area contributed by atoms with Gasteiger partial charge in [-0.05, 0) is 49.9 Å². The molecule has 0 spiro atoms. The maximum atomic E-state index is 5.79. The molecule has 3 nitrogen and oxygen atoms in total. The highest BCUT2D eigenvalue weighted by molar-refractivity contribution is 5.08. The van der Waals surface area contributed by atoms with Crippen molar-refractivity contribution in [3.8, 4) is 0 Å². The third-order valence-electron chi connectivity index (χ3n) is 3.50. The van der Waals surface area contributed by atoms with E-state index >= 15 is 0 Å². The number of rotatable bonds is 6. The van der Waals surface area contributed by atoms with Crippen LogP contribution in [0.3, 0.4) is 0 Å². The summed E-state index contributed by atoms with van der Waals surface area (Å²) < 4.78 is 0. The number of hydrogen-bond donors (Lipinski definition) is 1. The Kier molecular flexibility index (Phi) is 3.56. The number of hydrogen-bond acceptors (Lipinski definition) is 3. The molecule has 0 aliphatic heterocycles. The molecule has 1 aliphatic carbocycles. The molecule has 3 heteroatoms. The minimum atomic E-state index is 0.448. The second kappa shape index (κ2) is 4.93. The lowest BCUT2D eigenvalue weighted by Crippen LogP contribution is -2.32. The lowest BCUT2D eigenvalue weighted by atomic mass is 10.1. The van der Waals surface area contributed by atoms with Crippen molar-refractivity contribution in [3.63, 3.8) is 0 Å². The number of pyridine rings is 1. The average Bonchev–Trinajstić information content (AvgIpc) is 3.08. The zero-order valence-electron chi connectivity index (χ0n) is 10.0. The van der Waals surface area contributed by atoms with E-state index in [4.69, 9.17) is 5.73 Å². The summed E-state index contributed by atoms with van der Waals surface area (Å²) in [7, 11) is 2.19. The first-order chi connectivity index (χ1) is 7.74. The highest BCUT2D eigenvalue weighted by Gasteiger charge is 2.41. The molecule has 0 amide bonds. The van der Waals surface area contributed by atoms with Crippen LogP contribution in [-0.2, 0) is 6.42 Å². The highest BCUT2D eigenvalue weighted by atomic mass is 15.1. The largest absolute Gasteiger partial charge is 0.330 e. The zero-order valence-corrected chi connectivity index (χ0v) is 10.0. The highest BCUT2D eigenvalue weighted by Crippen LogP contribution is 2.44. The molecule has 0 unspecified atom stereocenters. The normalized spacial score (nSPS) is 17.7. The lowest BCUT2D eigenvalue weighted by Gasteiger charge is -2.22. The molecule has 16 heavy (non-hydrogen) atoms. The molecular weight excluding hydrogens is 198 g/mol. The Labute approximate surface area is 97.7 Å². The fraction of sp³-hybridized carbons (Fsp3) is 0.615. The van der Waals surface area contributed by atoms with E-state index in [1.54, 1.807) is 0 Å². The number of likely N-dealkylation sites (N-methyl/N-ethyl adjacent to an activating group) is 1. The van der Waals surface area contributed by atoms with E-state index in [1.165, 1.54) is 18.4 Å². The molecule has 0 atom stereocenters. The fourth-order valence-corrected chi connectivity index (χ4v) is 2.12. The third-order valence-corrected chi connectivity index (χ3v) is 3.50. The summed E-state index contributed by atoms with van der Waals surface area (Å²) in [5, 5.41) is 0. The summed E-state index contributed by atoms with van der Waals surface area (Å²) in [6.07, 6.45) is 7.46. The van der Waals surface area contributed by atoms with Crippen LogP contribution in [0.15, 0.2) is 24.5 Å². The van der Waals surface area contributed by atoms with E-state index in [9.17, 15) is 0 Å². The van der Waals surface area contributed by atoms with Crippen molar-refractivity contribution in [2.24, 2.45) is 11.1 Å². The summed E-state index contributed by atoms with van der Waals surface area (Å²) in [4.78, 5) is 6.52. The number of nitrogens with zero attached hydrogens (tertiary/aromatic N) is 2. The molecule has 1 heterocycles. The first-order valence-corrected chi connectivity index (χ1v) is 6.02. The van der Waals surface area contributed by atoms with Gasteiger partial charge in [-0.1, -0.05) is 6.07 Å². The van der Waals surface area contributed by atoms with Gasteiger partial charge in [0.25, 0.3) is 0 Å². The van der Waals surface area contributed by atoms with Gasteiger partial charge in [0.05, 0.1) is 0 Å². The molecule has 1 aliphatic rings. The summed E-state index contributed by atoms with van der Waals surface area (Å²) >= 11 is 0. The Balaban J connectivity index is 1.74. The Morgan fingerprint density at radius 3 is 2.88 bits per heavy atom. The van der Waals surface area contributed by atoms with Crippen LogP contribution in [0.4, 0.5) is 0 Å². The molecule has 1 fully saturated rings. The minimum Gasteiger partial charge on any atom is -0.330 e. The van der Waals surface area contributed by atoms with Gasteiger partial charge >= 0.3 is 0 Å². The summed E-state index contributed by atoms with van der Waals surface area (Å²) in [5.74, 6) is 0. The number of nitrogens with two attached hydrogens (primary N) is 1. The van der Waals surface area contributed by atoms with Gasteiger partial charge in [0.2, 0.25) is 0 Å². The minimum absolute atomic E-state index is 0.448. The monoisotopic (exact) mass is 219 g/mol. The molecule has 0 saturated heterocycles. The van der Waals surface area contributed by atoms with Crippen molar-refractivity contribution in [1.29, 1.82) is 0 Å². The van der Waals surface area contributed by atoms with Gasteiger partial charge in [-0.2, -0.15) is 0 Å². The van der Waals surface area contributed by atoms with E-state index in [-0.39, 0.29) is 0 Å². The van der Waals surface area contributed by atoms with E-state index < -0.39 is 0 Å². The Bertz CT molecular complexity index is 319. The first kappa shape index (κ1) is 11.6. The van der Waals surface area contributed by atoms with E-state index in [0.717, 1.165) is 26.1 Å². The summed E-state index contributed by atoms with van der Waals surface area (Å²) in [6.45, 7) is 3.07. The topological polar surface area (TPSA) is 42.2 Å². The Hall–Kier alpha value is -0.930. The molecule has 0 radical (unpaired) electrons.